The first-order valence-corrected chi connectivity index (χ1v) is 8.85. The number of halogens is 5. The number of nitrogens with one attached hydrogen (secondary N) is 1. The number of rotatable bonds is 6. The number of thiol groups is 1. The van der Waals surface area contributed by atoms with Crippen LogP contribution in [0.5, 0.6) is 0 Å². The van der Waals surface area contributed by atoms with Crippen LogP contribution in [0.3, 0.4) is 0 Å². The van der Waals surface area contributed by atoms with Crippen molar-refractivity contribution in [1.82, 2.24) is 5.32 Å². The summed E-state index contributed by atoms with van der Waals surface area (Å²) in [5.74, 6) is 0. The van der Waals surface area contributed by atoms with Crippen LogP contribution in [-0.2, 0) is 19.1 Å². The highest BCUT2D eigenvalue weighted by molar-refractivity contribution is 7.81. The van der Waals surface area contributed by atoms with Crippen molar-refractivity contribution in [3.05, 3.63) is 69.2 Å². The number of alkyl halides is 3. The molecule has 1 nitrogen and oxygen atoms in total. The first-order valence-electron chi connectivity index (χ1n) is 7.64. The average molecular weight is 408 g/mol. The van der Waals surface area contributed by atoms with E-state index in [9.17, 15) is 13.2 Å². The Balaban J connectivity index is 1.89. The predicted octanol–water partition coefficient (Wildman–Crippen LogP) is 6.38. The average Bonchev–Trinajstić information content (AvgIpc) is 2.54. The van der Waals surface area contributed by atoms with Crippen LogP contribution in [0.15, 0.2) is 42.5 Å². The zero-order valence-electron chi connectivity index (χ0n) is 13.5. The second-order valence-corrected chi connectivity index (χ2v) is 7.87. The lowest BCUT2D eigenvalue weighted by molar-refractivity contribution is -0.137. The van der Waals surface area contributed by atoms with E-state index in [4.69, 9.17) is 23.2 Å². The molecule has 2 rings (SSSR count). The molecule has 0 amide bonds. The summed E-state index contributed by atoms with van der Waals surface area (Å²) in [6, 6.07) is 10.6. The van der Waals surface area contributed by atoms with Gasteiger partial charge < -0.3 is 0 Å². The lowest BCUT2D eigenvalue weighted by Crippen LogP contribution is -2.36. The van der Waals surface area contributed by atoms with Gasteiger partial charge in [0, 0.05) is 6.54 Å². The summed E-state index contributed by atoms with van der Waals surface area (Å²) in [7, 11) is 0. The largest absolute Gasteiger partial charge is 0.416 e. The molecule has 0 aliphatic carbocycles. The Hall–Kier alpha value is -0.880. The molecule has 0 spiro atoms. The van der Waals surface area contributed by atoms with Gasteiger partial charge in [-0.05, 0) is 55.2 Å². The van der Waals surface area contributed by atoms with Crippen LogP contribution in [0.2, 0.25) is 10.0 Å². The molecule has 0 heterocycles. The van der Waals surface area contributed by atoms with Crippen molar-refractivity contribution in [3.8, 4) is 0 Å². The summed E-state index contributed by atoms with van der Waals surface area (Å²) < 4.78 is 37.7. The minimum Gasteiger partial charge on any atom is -0.299 e. The Labute approximate surface area is 160 Å². The molecule has 1 atom stereocenters. The summed E-state index contributed by atoms with van der Waals surface area (Å²) >= 11 is 16.5. The molecular formula is C18H18Cl2F3NS. The smallest absolute Gasteiger partial charge is 0.299 e. The Morgan fingerprint density at radius 2 is 1.56 bits per heavy atom. The third-order valence-corrected chi connectivity index (χ3v) is 4.96. The second-order valence-electron chi connectivity index (χ2n) is 6.07. The molecule has 2 aromatic carbocycles. The van der Waals surface area contributed by atoms with Gasteiger partial charge in [0.15, 0.2) is 0 Å². The molecule has 0 radical (unpaired) electrons. The molecule has 7 heteroatoms. The molecule has 0 bridgehead atoms. The maximum Gasteiger partial charge on any atom is 0.416 e. The van der Waals surface area contributed by atoms with E-state index in [1.807, 2.05) is 19.1 Å². The Kier molecular flexibility index (Phi) is 6.71. The molecule has 0 fully saturated rings. The highest BCUT2D eigenvalue weighted by atomic mass is 35.5. The third-order valence-electron chi connectivity index (χ3n) is 3.84. The standard InChI is InChI=1S/C18H18Cl2F3NS/c1-17(25,9-8-12-4-7-15(19)16(20)10-12)24-11-13-2-5-14(6-3-13)18(21,22)23/h2-7,10,24-25H,8-9,11H2,1H3. The van der Waals surface area contributed by atoms with Crippen LogP contribution in [0.25, 0.3) is 0 Å². The lowest BCUT2D eigenvalue weighted by atomic mass is 10.1. The molecule has 0 aliphatic heterocycles. The van der Waals surface area contributed by atoms with Gasteiger partial charge in [0.05, 0.1) is 20.5 Å². The van der Waals surface area contributed by atoms with E-state index in [0.717, 1.165) is 29.7 Å². The van der Waals surface area contributed by atoms with Crippen molar-refractivity contribution in [2.45, 2.75) is 37.4 Å². The van der Waals surface area contributed by atoms with Crippen molar-refractivity contribution < 1.29 is 13.2 Å². The number of aryl methyl sites for hydroxylation is 1. The predicted molar refractivity (Wildman–Crippen MR) is 100 cm³/mol. The van der Waals surface area contributed by atoms with E-state index in [1.54, 1.807) is 6.07 Å². The van der Waals surface area contributed by atoms with E-state index >= 15 is 0 Å². The minimum absolute atomic E-state index is 0.430. The zero-order chi connectivity index (χ0) is 18.7. The van der Waals surface area contributed by atoms with Crippen LogP contribution in [0.1, 0.15) is 30.0 Å². The van der Waals surface area contributed by atoms with Gasteiger partial charge in [-0.25, -0.2) is 0 Å². The molecule has 1 N–H and O–H groups in total. The van der Waals surface area contributed by atoms with Crippen molar-refractivity contribution in [2.24, 2.45) is 0 Å². The van der Waals surface area contributed by atoms with Crippen LogP contribution in [-0.4, -0.2) is 4.87 Å². The van der Waals surface area contributed by atoms with Gasteiger partial charge in [0.1, 0.15) is 0 Å². The summed E-state index contributed by atoms with van der Waals surface area (Å²) in [6.07, 6.45) is -2.85. The van der Waals surface area contributed by atoms with Crippen LogP contribution >= 0.6 is 35.8 Å². The Morgan fingerprint density at radius 3 is 2.12 bits per heavy atom. The number of hydrogen-bond donors (Lipinski definition) is 2. The van der Waals surface area contributed by atoms with Gasteiger partial charge in [0.2, 0.25) is 0 Å². The van der Waals surface area contributed by atoms with Crippen molar-refractivity contribution in [3.63, 3.8) is 0 Å². The van der Waals surface area contributed by atoms with E-state index < -0.39 is 16.6 Å². The Bertz CT molecular complexity index is 715. The van der Waals surface area contributed by atoms with E-state index in [2.05, 4.69) is 17.9 Å². The quantitative estimate of drug-likeness (QED) is 0.418. The number of hydrogen-bond acceptors (Lipinski definition) is 2. The second kappa shape index (κ2) is 8.21. The zero-order valence-corrected chi connectivity index (χ0v) is 15.9. The minimum atomic E-state index is -4.32. The fraction of sp³-hybridized carbons (Fsp3) is 0.333. The first-order chi connectivity index (χ1) is 11.6. The van der Waals surface area contributed by atoms with Crippen molar-refractivity contribution in [1.29, 1.82) is 0 Å². The van der Waals surface area contributed by atoms with Crippen molar-refractivity contribution >= 4 is 35.8 Å². The molecule has 0 saturated carbocycles. The maximum atomic E-state index is 12.6. The third kappa shape index (κ3) is 6.41. The molecule has 0 saturated heterocycles. The molecule has 1 unspecified atom stereocenters. The maximum absolute atomic E-state index is 12.6. The molecular weight excluding hydrogens is 390 g/mol. The van der Waals surface area contributed by atoms with E-state index in [1.165, 1.54) is 12.1 Å². The van der Waals surface area contributed by atoms with Gasteiger partial charge in [0.25, 0.3) is 0 Å². The summed E-state index contributed by atoms with van der Waals surface area (Å²) in [4.78, 5) is -0.477. The van der Waals surface area contributed by atoms with Gasteiger partial charge in [-0.1, -0.05) is 41.4 Å². The van der Waals surface area contributed by atoms with Crippen LogP contribution in [0, 0.1) is 0 Å². The van der Waals surface area contributed by atoms with Crippen LogP contribution in [0.4, 0.5) is 13.2 Å². The van der Waals surface area contributed by atoms with Gasteiger partial charge in [-0.15, -0.1) is 0 Å². The van der Waals surface area contributed by atoms with E-state index in [0.29, 0.717) is 23.0 Å². The van der Waals surface area contributed by atoms with Gasteiger partial charge >= 0.3 is 6.18 Å². The monoisotopic (exact) mass is 407 g/mol. The summed E-state index contributed by atoms with van der Waals surface area (Å²) in [5, 5.41) is 4.28. The van der Waals surface area contributed by atoms with E-state index in [-0.39, 0.29) is 0 Å². The fourth-order valence-corrected chi connectivity index (χ4v) is 2.79. The molecule has 2 aromatic rings. The summed E-state index contributed by atoms with van der Waals surface area (Å²) in [6.45, 7) is 2.36. The van der Waals surface area contributed by atoms with Crippen molar-refractivity contribution in [2.75, 3.05) is 0 Å². The van der Waals surface area contributed by atoms with Crippen LogP contribution < -0.4 is 5.32 Å². The fourth-order valence-electron chi connectivity index (χ4n) is 2.28. The topological polar surface area (TPSA) is 12.0 Å². The Morgan fingerprint density at radius 1 is 0.960 bits per heavy atom. The molecule has 25 heavy (non-hydrogen) atoms. The molecule has 0 aromatic heterocycles. The van der Waals surface area contributed by atoms with Gasteiger partial charge in [-0.3, -0.25) is 5.32 Å². The molecule has 0 aliphatic rings. The summed E-state index contributed by atoms with van der Waals surface area (Å²) in [5.41, 5.74) is 1.17. The lowest BCUT2D eigenvalue weighted by Gasteiger charge is -2.25. The SMILES string of the molecule is CC(S)(CCc1ccc(Cl)c(Cl)c1)NCc1ccc(C(F)(F)F)cc1. The highest BCUT2D eigenvalue weighted by Crippen LogP contribution is 2.29. The van der Waals surface area contributed by atoms with Gasteiger partial charge in [-0.2, -0.15) is 25.8 Å². The first kappa shape index (κ1) is 20.4. The normalized spacial score (nSPS) is 14.4. The molecule has 136 valence electrons. The highest BCUT2D eigenvalue weighted by Gasteiger charge is 2.30. The number of benzene rings is 2.